The number of halogens is 2. The molecular formula is C22H20Cl2N4O2. The second-order valence-electron chi connectivity index (χ2n) is 6.79. The van der Waals surface area contributed by atoms with Gasteiger partial charge in [-0.25, -0.2) is 4.98 Å². The normalized spacial score (nSPS) is 10.4. The Morgan fingerprint density at radius 3 is 2.13 bits per heavy atom. The average Bonchev–Trinajstić information content (AvgIpc) is 2.72. The molecule has 0 radical (unpaired) electrons. The van der Waals surface area contributed by atoms with Gasteiger partial charge in [0.25, 0.3) is 11.8 Å². The molecular weight excluding hydrogens is 423 g/mol. The second kappa shape index (κ2) is 9.61. The van der Waals surface area contributed by atoms with Gasteiger partial charge in [-0.05, 0) is 54.1 Å². The van der Waals surface area contributed by atoms with Crippen LogP contribution in [0.4, 0.5) is 11.5 Å². The first-order valence-corrected chi connectivity index (χ1v) is 9.85. The zero-order chi connectivity index (χ0) is 21.7. The van der Waals surface area contributed by atoms with Gasteiger partial charge in [0, 0.05) is 53.7 Å². The SMILES string of the molecule is CN(C)c1ccc(CNC(=O)c2ccc(NC(=O)c3cc(Cl)cc(Cl)c3)cc2)cn1. The minimum Gasteiger partial charge on any atom is -0.363 e. The summed E-state index contributed by atoms with van der Waals surface area (Å²) >= 11 is 11.9. The molecule has 0 bridgehead atoms. The van der Waals surface area contributed by atoms with E-state index in [1.165, 1.54) is 12.1 Å². The van der Waals surface area contributed by atoms with Crippen LogP contribution in [0.2, 0.25) is 10.0 Å². The van der Waals surface area contributed by atoms with Gasteiger partial charge in [-0.3, -0.25) is 9.59 Å². The Morgan fingerprint density at radius 1 is 0.900 bits per heavy atom. The molecule has 0 saturated heterocycles. The third-order valence-electron chi connectivity index (χ3n) is 4.25. The van der Waals surface area contributed by atoms with Gasteiger partial charge in [0.15, 0.2) is 0 Å². The highest BCUT2D eigenvalue weighted by Crippen LogP contribution is 2.20. The van der Waals surface area contributed by atoms with Gasteiger partial charge in [-0.1, -0.05) is 29.3 Å². The number of rotatable bonds is 6. The lowest BCUT2D eigenvalue weighted by molar-refractivity contribution is 0.0950. The van der Waals surface area contributed by atoms with Crippen LogP contribution in [0.15, 0.2) is 60.8 Å². The molecule has 0 fully saturated rings. The number of amides is 2. The second-order valence-corrected chi connectivity index (χ2v) is 7.66. The van der Waals surface area contributed by atoms with Crippen molar-refractivity contribution in [2.24, 2.45) is 0 Å². The molecule has 0 unspecified atom stereocenters. The van der Waals surface area contributed by atoms with E-state index in [4.69, 9.17) is 23.2 Å². The molecule has 0 atom stereocenters. The van der Waals surface area contributed by atoms with E-state index in [1.54, 1.807) is 36.5 Å². The number of benzene rings is 2. The molecule has 8 heteroatoms. The molecule has 3 rings (SSSR count). The summed E-state index contributed by atoms with van der Waals surface area (Å²) in [5.74, 6) is 0.291. The van der Waals surface area contributed by atoms with E-state index >= 15 is 0 Å². The van der Waals surface area contributed by atoms with Crippen LogP contribution < -0.4 is 15.5 Å². The Kier molecular flexibility index (Phi) is 6.92. The van der Waals surface area contributed by atoms with E-state index in [1.807, 2.05) is 31.1 Å². The molecule has 30 heavy (non-hydrogen) atoms. The van der Waals surface area contributed by atoms with Crippen LogP contribution in [0.5, 0.6) is 0 Å². The molecule has 3 aromatic rings. The lowest BCUT2D eigenvalue weighted by atomic mass is 10.1. The van der Waals surface area contributed by atoms with Crippen molar-refractivity contribution in [2.45, 2.75) is 6.54 Å². The van der Waals surface area contributed by atoms with Crippen molar-refractivity contribution >= 4 is 46.5 Å². The standard InChI is InChI=1S/C22H20Cl2N4O2/c1-28(2)20-8-3-14(12-25-20)13-26-21(29)15-4-6-19(7-5-15)27-22(30)16-9-17(23)11-18(24)10-16/h3-12H,13H2,1-2H3,(H,26,29)(H,27,30). The minimum absolute atomic E-state index is 0.216. The Labute approximate surface area is 184 Å². The van der Waals surface area contributed by atoms with Gasteiger partial charge in [-0.2, -0.15) is 0 Å². The van der Waals surface area contributed by atoms with Gasteiger partial charge < -0.3 is 15.5 Å². The largest absolute Gasteiger partial charge is 0.363 e. The van der Waals surface area contributed by atoms with E-state index in [0.29, 0.717) is 33.4 Å². The molecule has 2 aromatic carbocycles. The number of nitrogens with zero attached hydrogens (tertiary/aromatic N) is 2. The average molecular weight is 443 g/mol. The van der Waals surface area contributed by atoms with Crippen LogP contribution in [0.25, 0.3) is 0 Å². The third-order valence-corrected chi connectivity index (χ3v) is 4.69. The van der Waals surface area contributed by atoms with Crippen molar-refractivity contribution in [3.63, 3.8) is 0 Å². The topological polar surface area (TPSA) is 74.3 Å². The maximum Gasteiger partial charge on any atom is 0.255 e. The Bertz CT molecular complexity index is 1030. The maximum atomic E-state index is 12.4. The summed E-state index contributed by atoms with van der Waals surface area (Å²) in [4.78, 5) is 30.9. The molecule has 2 N–H and O–H groups in total. The lowest BCUT2D eigenvalue weighted by Gasteiger charge is -2.11. The summed E-state index contributed by atoms with van der Waals surface area (Å²) in [6.45, 7) is 0.369. The molecule has 0 spiro atoms. The number of carbonyl (C=O) groups excluding carboxylic acids is 2. The zero-order valence-corrected chi connectivity index (χ0v) is 18.0. The van der Waals surface area contributed by atoms with Gasteiger partial charge in [0.05, 0.1) is 0 Å². The number of hydrogen-bond acceptors (Lipinski definition) is 4. The van der Waals surface area contributed by atoms with Crippen molar-refractivity contribution in [3.05, 3.63) is 87.5 Å². The van der Waals surface area contributed by atoms with Crippen LogP contribution in [0.1, 0.15) is 26.3 Å². The Morgan fingerprint density at radius 2 is 1.57 bits per heavy atom. The number of anilines is 2. The Balaban J connectivity index is 1.57. The van der Waals surface area contributed by atoms with Crippen molar-refractivity contribution in [2.75, 3.05) is 24.3 Å². The highest BCUT2D eigenvalue weighted by atomic mass is 35.5. The number of nitrogens with one attached hydrogen (secondary N) is 2. The van der Waals surface area contributed by atoms with Crippen LogP contribution in [-0.4, -0.2) is 30.9 Å². The summed E-state index contributed by atoms with van der Waals surface area (Å²) in [5, 5.41) is 6.37. The zero-order valence-electron chi connectivity index (χ0n) is 16.4. The molecule has 0 aliphatic heterocycles. The summed E-state index contributed by atoms with van der Waals surface area (Å²) < 4.78 is 0. The maximum absolute atomic E-state index is 12.4. The van der Waals surface area contributed by atoms with Gasteiger partial charge >= 0.3 is 0 Å². The van der Waals surface area contributed by atoms with Crippen molar-refractivity contribution in [3.8, 4) is 0 Å². The summed E-state index contributed by atoms with van der Waals surface area (Å²) in [7, 11) is 3.83. The van der Waals surface area contributed by atoms with E-state index < -0.39 is 0 Å². The van der Waals surface area contributed by atoms with Crippen LogP contribution in [0, 0.1) is 0 Å². The quantitative estimate of drug-likeness (QED) is 0.583. The predicted molar refractivity (Wildman–Crippen MR) is 121 cm³/mol. The number of hydrogen-bond donors (Lipinski definition) is 2. The molecule has 0 saturated carbocycles. The van der Waals surface area contributed by atoms with Crippen LogP contribution in [-0.2, 0) is 6.54 Å². The predicted octanol–water partition coefficient (Wildman–Crippen LogP) is 4.64. The Hall–Kier alpha value is -3.09. The van der Waals surface area contributed by atoms with Crippen molar-refractivity contribution in [1.82, 2.24) is 10.3 Å². The highest BCUT2D eigenvalue weighted by Gasteiger charge is 2.10. The third kappa shape index (κ3) is 5.72. The minimum atomic E-state index is -0.342. The molecule has 6 nitrogen and oxygen atoms in total. The van der Waals surface area contributed by atoms with Crippen LogP contribution >= 0.6 is 23.2 Å². The number of aromatic nitrogens is 1. The van der Waals surface area contributed by atoms with Gasteiger partial charge in [0.1, 0.15) is 5.82 Å². The van der Waals surface area contributed by atoms with Gasteiger partial charge in [0.2, 0.25) is 0 Å². The first kappa shape index (κ1) is 21.6. The van der Waals surface area contributed by atoms with Gasteiger partial charge in [-0.15, -0.1) is 0 Å². The summed E-state index contributed by atoms with van der Waals surface area (Å²) in [6, 6.07) is 15.0. The smallest absolute Gasteiger partial charge is 0.255 e. The highest BCUT2D eigenvalue weighted by molar-refractivity contribution is 6.35. The number of carbonyl (C=O) groups is 2. The fraction of sp³-hybridized carbons (Fsp3) is 0.136. The molecule has 2 amide bonds. The van der Waals surface area contributed by atoms with Crippen molar-refractivity contribution < 1.29 is 9.59 Å². The lowest BCUT2D eigenvalue weighted by Crippen LogP contribution is -2.23. The molecule has 1 heterocycles. The van der Waals surface area contributed by atoms with E-state index in [-0.39, 0.29) is 11.8 Å². The first-order valence-electron chi connectivity index (χ1n) is 9.10. The van der Waals surface area contributed by atoms with E-state index in [9.17, 15) is 9.59 Å². The molecule has 154 valence electrons. The fourth-order valence-electron chi connectivity index (χ4n) is 2.66. The summed E-state index contributed by atoms with van der Waals surface area (Å²) in [6.07, 6.45) is 1.73. The number of pyridine rings is 1. The molecule has 0 aliphatic rings. The van der Waals surface area contributed by atoms with E-state index in [2.05, 4.69) is 15.6 Å². The van der Waals surface area contributed by atoms with E-state index in [0.717, 1.165) is 11.4 Å². The summed E-state index contributed by atoms with van der Waals surface area (Å²) in [5.41, 5.74) is 2.29. The van der Waals surface area contributed by atoms with Crippen LogP contribution in [0.3, 0.4) is 0 Å². The monoisotopic (exact) mass is 442 g/mol. The van der Waals surface area contributed by atoms with Crippen molar-refractivity contribution in [1.29, 1.82) is 0 Å². The first-order chi connectivity index (χ1) is 14.3. The molecule has 0 aliphatic carbocycles. The molecule has 1 aromatic heterocycles. The fourth-order valence-corrected chi connectivity index (χ4v) is 3.19.